The summed E-state index contributed by atoms with van der Waals surface area (Å²) in [5, 5.41) is 18.3. The molecule has 1 aromatic carbocycles. The summed E-state index contributed by atoms with van der Waals surface area (Å²) in [4.78, 5) is 18.4. The molecule has 1 aliphatic heterocycles. The van der Waals surface area contributed by atoms with E-state index in [1.165, 1.54) is 5.57 Å². The van der Waals surface area contributed by atoms with Crippen molar-refractivity contribution in [2.24, 2.45) is 17.8 Å². The fourth-order valence-electron chi connectivity index (χ4n) is 5.58. The van der Waals surface area contributed by atoms with Crippen molar-refractivity contribution in [1.82, 2.24) is 24.8 Å². The molecular weight excluding hydrogens is 466 g/mol. The van der Waals surface area contributed by atoms with Crippen LogP contribution in [0.5, 0.6) is 0 Å². The number of carboxylic acids is 1. The summed E-state index contributed by atoms with van der Waals surface area (Å²) >= 11 is 0. The fourth-order valence-corrected chi connectivity index (χ4v) is 5.58. The topological polar surface area (TPSA) is 97.3 Å². The number of piperidine rings is 1. The highest BCUT2D eigenvalue weighted by Gasteiger charge is 2.28. The van der Waals surface area contributed by atoms with Crippen LogP contribution in [0.1, 0.15) is 45.9 Å². The Hall–Kier alpha value is -3.52. The molecule has 0 spiro atoms. The van der Waals surface area contributed by atoms with Crippen LogP contribution in [0.4, 0.5) is 0 Å². The lowest BCUT2D eigenvalue weighted by Gasteiger charge is -2.33. The van der Waals surface area contributed by atoms with E-state index in [0.29, 0.717) is 29.2 Å². The van der Waals surface area contributed by atoms with Gasteiger partial charge in [0.05, 0.1) is 5.92 Å². The second kappa shape index (κ2) is 10.8. The third kappa shape index (κ3) is 5.44. The third-order valence-corrected chi connectivity index (χ3v) is 7.80. The van der Waals surface area contributed by atoms with Crippen molar-refractivity contribution < 1.29 is 14.4 Å². The molecule has 8 nitrogen and oxygen atoms in total. The van der Waals surface area contributed by atoms with E-state index in [-0.39, 0.29) is 5.92 Å². The predicted molar refractivity (Wildman–Crippen MR) is 142 cm³/mol. The molecule has 0 bridgehead atoms. The molecule has 5 rings (SSSR count). The molecule has 0 radical (unpaired) electrons. The zero-order valence-electron chi connectivity index (χ0n) is 21.8. The van der Waals surface area contributed by atoms with E-state index in [9.17, 15) is 9.90 Å². The van der Waals surface area contributed by atoms with Gasteiger partial charge in [-0.15, -0.1) is 0 Å². The Morgan fingerprint density at radius 1 is 1.19 bits per heavy atom. The molecule has 2 aliphatic rings. The van der Waals surface area contributed by atoms with Crippen molar-refractivity contribution in [3.05, 3.63) is 60.1 Å². The Kier molecular flexibility index (Phi) is 7.37. The maximum atomic E-state index is 11.2. The summed E-state index contributed by atoms with van der Waals surface area (Å²) in [5.41, 5.74) is 5.03. The number of benzene rings is 1. The Morgan fingerprint density at radius 3 is 2.62 bits per heavy atom. The Bertz CT molecular complexity index is 1300. The molecular formula is C29H35N5O3. The molecule has 194 valence electrons. The van der Waals surface area contributed by atoms with Crippen molar-refractivity contribution in [3.8, 4) is 22.7 Å². The number of allylic oxidation sites excluding steroid dienone is 4. The van der Waals surface area contributed by atoms with Gasteiger partial charge in [-0.25, -0.2) is 0 Å². The van der Waals surface area contributed by atoms with Crippen LogP contribution in [0.2, 0.25) is 0 Å². The van der Waals surface area contributed by atoms with Gasteiger partial charge in [0.1, 0.15) is 0 Å². The minimum atomic E-state index is -0.656. The number of aliphatic carboxylic acids is 1. The molecule has 1 N–H and O–H groups in total. The lowest BCUT2D eigenvalue weighted by Crippen LogP contribution is -2.37. The van der Waals surface area contributed by atoms with Crippen LogP contribution in [-0.2, 0) is 11.3 Å². The highest BCUT2D eigenvalue weighted by atomic mass is 16.5. The van der Waals surface area contributed by atoms with E-state index < -0.39 is 5.97 Å². The van der Waals surface area contributed by atoms with Crippen molar-refractivity contribution in [2.45, 2.75) is 46.6 Å². The second-order valence-corrected chi connectivity index (χ2v) is 10.3. The zero-order chi connectivity index (χ0) is 25.9. The molecule has 0 saturated carbocycles. The smallest absolute Gasteiger partial charge is 0.306 e. The quantitative estimate of drug-likeness (QED) is 0.441. The molecule has 1 saturated heterocycles. The van der Waals surface area contributed by atoms with Crippen LogP contribution >= 0.6 is 0 Å². The zero-order valence-corrected chi connectivity index (χ0v) is 21.8. The molecule has 2 atom stereocenters. The van der Waals surface area contributed by atoms with Gasteiger partial charge < -0.3 is 14.5 Å². The van der Waals surface area contributed by atoms with Crippen LogP contribution < -0.4 is 0 Å². The van der Waals surface area contributed by atoms with Crippen LogP contribution in [0.25, 0.3) is 28.3 Å². The van der Waals surface area contributed by atoms with Gasteiger partial charge in [0.25, 0.3) is 5.89 Å². The summed E-state index contributed by atoms with van der Waals surface area (Å²) in [5.74, 6) is 0.955. The standard InChI is InChI=1S/C29H35N5O3/c1-4-34-18-25(21-8-6-5-7-9-21)26(31-34)28-30-27(32-37-28)23-16-19(2)24(20(3)17-23)12-15-33-13-10-22(11-14-33)29(35)36/h5-9,16-19,22,24H,4,10-15H2,1-3H3,(H,35,36). The summed E-state index contributed by atoms with van der Waals surface area (Å²) in [7, 11) is 0. The number of carboxylic acid groups (broad SMARTS) is 1. The fraction of sp³-hybridized carbons (Fsp3) is 0.448. The Morgan fingerprint density at radius 2 is 1.95 bits per heavy atom. The molecule has 1 fully saturated rings. The van der Waals surface area contributed by atoms with E-state index in [4.69, 9.17) is 14.6 Å². The van der Waals surface area contributed by atoms with Crippen LogP contribution in [-0.4, -0.2) is 55.5 Å². The van der Waals surface area contributed by atoms with Gasteiger partial charge >= 0.3 is 5.97 Å². The number of aromatic nitrogens is 4. The molecule has 0 amide bonds. The van der Waals surface area contributed by atoms with Gasteiger partial charge in [-0.3, -0.25) is 9.48 Å². The summed E-state index contributed by atoms with van der Waals surface area (Å²) in [6.45, 7) is 9.96. The van der Waals surface area contributed by atoms with E-state index in [0.717, 1.165) is 62.1 Å². The first-order valence-electron chi connectivity index (χ1n) is 13.3. The first-order valence-corrected chi connectivity index (χ1v) is 13.3. The molecule has 3 heterocycles. The average Bonchev–Trinajstić information content (AvgIpc) is 3.56. The van der Waals surface area contributed by atoms with Crippen molar-refractivity contribution in [1.29, 1.82) is 0 Å². The first-order chi connectivity index (χ1) is 17.9. The number of hydrogen-bond acceptors (Lipinski definition) is 6. The molecule has 2 aromatic heterocycles. The minimum absolute atomic E-state index is 0.184. The SMILES string of the molecule is CCn1cc(-c2ccccc2)c(-c2nc(C3=CC(C)C(CCN4CCC(C(=O)O)CC4)C(C)=C3)no2)n1. The van der Waals surface area contributed by atoms with Crippen molar-refractivity contribution >= 4 is 11.5 Å². The van der Waals surface area contributed by atoms with Gasteiger partial charge in [0.15, 0.2) is 5.69 Å². The second-order valence-electron chi connectivity index (χ2n) is 10.3. The van der Waals surface area contributed by atoms with Crippen LogP contribution in [0, 0.1) is 17.8 Å². The number of carbonyl (C=O) groups is 1. The van der Waals surface area contributed by atoms with Gasteiger partial charge in [-0.1, -0.05) is 60.1 Å². The average molecular weight is 502 g/mol. The summed E-state index contributed by atoms with van der Waals surface area (Å²) < 4.78 is 7.61. The maximum Gasteiger partial charge on any atom is 0.306 e. The van der Waals surface area contributed by atoms with Gasteiger partial charge in [-0.2, -0.15) is 10.1 Å². The maximum absolute atomic E-state index is 11.2. The van der Waals surface area contributed by atoms with Crippen LogP contribution in [0.3, 0.4) is 0 Å². The highest BCUT2D eigenvalue weighted by molar-refractivity contribution is 5.78. The van der Waals surface area contributed by atoms with E-state index in [1.807, 2.05) is 29.1 Å². The normalized spacial score (nSPS) is 21.1. The highest BCUT2D eigenvalue weighted by Crippen LogP contribution is 2.36. The first kappa shape index (κ1) is 25.1. The predicted octanol–water partition coefficient (Wildman–Crippen LogP) is 5.40. The van der Waals surface area contributed by atoms with E-state index >= 15 is 0 Å². The minimum Gasteiger partial charge on any atom is -0.481 e. The van der Waals surface area contributed by atoms with Gasteiger partial charge in [0, 0.05) is 23.9 Å². The van der Waals surface area contributed by atoms with Gasteiger partial charge in [0.2, 0.25) is 5.82 Å². The molecule has 37 heavy (non-hydrogen) atoms. The number of aryl methyl sites for hydroxylation is 1. The van der Waals surface area contributed by atoms with Gasteiger partial charge in [-0.05, 0) is 70.1 Å². The lowest BCUT2D eigenvalue weighted by atomic mass is 9.79. The van der Waals surface area contributed by atoms with E-state index in [2.05, 4.69) is 55.1 Å². The van der Waals surface area contributed by atoms with Crippen LogP contribution in [0.15, 0.2) is 58.8 Å². The number of likely N-dealkylation sites (tertiary alicyclic amines) is 1. The third-order valence-electron chi connectivity index (χ3n) is 7.80. The molecule has 3 aromatic rings. The number of hydrogen-bond donors (Lipinski definition) is 1. The lowest BCUT2D eigenvalue weighted by molar-refractivity contribution is -0.143. The number of rotatable bonds is 8. The number of nitrogens with zero attached hydrogens (tertiary/aromatic N) is 5. The van der Waals surface area contributed by atoms with Crippen molar-refractivity contribution in [3.63, 3.8) is 0 Å². The molecule has 1 aliphatic carbocycles. The molecule has 2 unspecified atom stereocenters. The Balaban J connectivity index is 1.28. The monoisotopic (exact) mass is 501 g/mol. The Labute approximate surface area is 217 Å². The largest absolute Gasteiger partial charge is 0.481 e. The van der Waals surface area contributed by atoms with E-state index in [1.54, 1.807) is 0 Å². The summed E-state index contributed by atoms with van der Waals surface area (Å²) in [6.07, 6.45) is 8.99. The molecule has 8 heteroatoms. The van der Waals surface area contributed by atoms with Crippen molar-refractivity contribution in [2.75, 3.05) is 19.6 Å². The summed E-state index contributed by atoms with van der Waals surface area (Å²) in [6, 6.07) is 10.1.